The van der Waals surface area contributed by atoms with E-state index in [1.165, 1.54) is 0 Å². The second-order valence-electron chi connectivity index (χ2n) is 4.41. The monoisotopic (exact) mass is 298 g/mol. The normalized spacial score (nSPS) is 16.5. The maximum atomic E-state index is 11.4. The molecular weight excluding hydrogens is 280 g/mol. The molecule has 9 heteroatoms. The van der Waals surface area contributed by atoms with E-state index < -0.39 is 31.4 Å². The molecule has 1 fully saturated rings. The van der Waals surface area contributed by atoms with Gasteiger partial charge in [-0.25, -0.2) is 21.6 Å². The number of carbonyl (C=O) groups excluding carboxylic acids is 1. The number of carbonyl (C=O) groups is 1. The summed E-state index contributed by atoms with van der Waals surface area (Å²) in [6.07, 6.45) is 2.77. The summed E-state index contributed by atoms with van der Waals surface area (Å²) < 4.78 is 46.7. The van der Waals surface area contributed by atoms with Crippen LogP contribution in [-0.4, -0.2) is 53.6 Å². The largest absolute Gasteiger partial charge is 0.355 e. The molecule has 0 aromatic heterocycles. The first-order valence-electron chi connectivity index (χ1n) is 5.62. The van der Waals surface area contributed by atoms with Crippen molar-refractivity contribution in [3.05, 3.63) is 0 Å². The quantitative estimate of drug-likeness (QED) is 0.529. The second kappa shape index (κ2) is 5.98. The van der Waals surface area contributed by atoms with Crippen LogP contribution in [0.15, 0.2) is 0 Å². The molecule has 0 unspecified atom stereocenters. The molecule has 1 rings (SSSR count). The standard InChI is InChI=1S/C9H18N2O5S2/c1-17(13,14)6-7-18(15,16)11-5-4-10-9(12)8-2-3-8/h8,11H,2-7H2,1H3,(H,10,12). The van der Waals surface area contributed by atoms with Crippen LogP contribution in [0.1, 0.15) is 12.8 Å². The summed E-state index contributed by atoms with van der Waals surface area (Å²) in [5, 5.41) is 2.61. The molecule has 0 aliphatic heterocycles. The Bertz CT molecular complexity index is 493. The molecule has 0 radical (unpaired) electrons. The van der Waals surface area contributed by atoms with E-state index in [0.29, 0.717) is 0 Å². The van der Waals surface area contributed by atoms with Crippen LogP contribution in [0.25, 0.3) is 0 Å². The first-order chi connectivity index (χ1) is 8.20. The Kier molecular flexibility index (Phi) is 5.11. The van der Waals surface area contributed by atoms with Crippen molar-refractivity contribution in [3.63, 3.8) is 0 Å². The molecule has 0 aromatic rings. The van der Waals surface area contributed by atoms with Gasteiger partial charge >= 0.3 is 0 Å². The number of rotatable bonds is 8. The number of sulfone groups is 1. The van der Waals surface area contributed by atoms with Gasteiger partial charge in [0.15, 0.2) is 0 Å². The summed E-state index contributed by atoms with van der Waals surface area (Å²) in [6, 6.07) is 0. The van der Waals surface area contributed by atoms with E-state index in [0.717, 1.165) is 19.1 Å². The van der Waals surface area contributed by atoms with Gasteiger partial charge in [0.2, 0.25) is 15.9 Å². The zero-order valence-corrected chi connectivity index (χ0v) is 11.8. The lowest BCUT2D eigenvalue weighted by atomic mass is 10.4. The fourth-order valence-electron chi connectivity index (χ4n) is 1.22. The third-order valence-electron chi connectivity index (χ3n) is 2.42. The Morgan fingerprint density at radius 3 is 2.22 bits per heavy atom. The van der Waals surface area contributed by atoms with Crippen molar-refractivity contribution < 1.29 is 21.6 Å². The van der Waals surface area contributed by atoms with Crippen LogP contribution in [-0.2, 0) is 24.7 Å². The van der Waals surface area contributed by atoms with Crippen LogP contribution >= 0.6 is 0 Å². The Balaban J connectivity index is 2.18. The molecule has 1 amide bonds. The van der Waals surface area contributed by atoms with Crippen LogP contribution in [0.3, 0.4) is 0 Å². The lowest BCUT2D eigenvalue weighted by molar-refractivity contribution is -0.122. The van der Waals surface area contributed by atoms with Gasteiger partial charge in [-0.15, -0.1) is 0 Å². The number of hydrogen-bond acceptors (Lipinski definition) is 5. The number of sulfonamides is 1. The number of nitrogens with one attached hydrogen (secondary N) is 2. The van der Waals surface area contributed by atoms with Gasteiger partial charge in [0.25, 0.3) is 0 Å². The van der Waals surface area contributed by atoms with Crippen molar-refractivity contribution >= 4 is 25.8 Å². The van der Waals surface area contributed by atoms with E-state index in [1.54, 1.807) is 0 Å². The highest BCUT2D eigenvalue weighted by Gasteiger charge is 2.29. The van der Waals surface area contributed by atoms with E-state index in [-0.39, 0.29) is 24.9 Å². The summed E-state index contributed by atoms with van der Waals surface area (Å²) in [4.78, 5) is 11.2. The van der Waals surface area contributed by atoms with Gasteiger partial charge < -0.3 is 5.32 Å². The van der Waals surface area contributed by atoms with Gasteiger partial charge in [0, 0.05) is 25.3 Å². The first-order valence-corrected chi connectivity index (χ1v) is 9.34. The molecular formula is C9H18N2O5S2. The van der Waals surface area contributed by atoms with E-state index in [4.69, 9.17) is 0 Å². The number of amides is 1. The van der Waals surface area contributed by atoms with Crippen LogP contribution in [0, 0.1) is 5.92 Å². The van der Waals surface area contributed by atoms with Gasteiger partial charge in [-0.3, -0.25) is 4.79 Å². The van der Waals surface area contributed by atoms with Crippen LogP contribution in [0.4, 0.5) is 0 Å². The highest BCUT2D eigenvalue weighted by Crippen LogP contribution is 2.28. The molecule has 2 N–H and O–H groups in total. The maximum absolute atomic E-state index is 11.4. The predicted molar refractivity (Wildman–Crippen MR) is 67.2 cm³/mol. The summed E-state index contributed by atoms with van der Waals surface area (Å²) in [7, 11) is -6.89. The Morgan fingerprint density at radius 1 is 1.11 bits per heavy atom. The summed E-state index contributed by atoms with van der Waals surface area (Å²) in [5.41, 5.74) is 0. The molecule has 7 nitrogen and oxygen atoms in total. The van der Waals surface area contributed by atoms with Crippen molar-refractivity contribution in [2.75, 3.05) is 30.9 Å². The molecule has 0 bridgehead atoms. The third-order valence-corrected chi connectivity index (χ3v) is 5.01. The van der Waals surface area contributed by atoms with Crippen LogP contribution < -0.4 is 10.0 Å². The van der Waals surface area contributed by atoms with Crippen molar-refractivity contribution in [2.45, 2.75) is 12.8 Å². The second-order valence-corrected chi connectivity index (χ2v) is 8.59. The van der Waals surface area contributed by atoms with E-state index in [9.17, 15) is 21.6 Å². The van der Waals surface area contributed by atoms with Gasteiger partial charge in [0.05, 0.1) is 11.5 Å². The van der Waals surface area contributed by atoms with E-state index in [2.05, 4.69) is 10.0 Å². The fourth-order valence-corrected chi connectivity index (χ4v) is 3.86. The van der Waals surface area contributed by atoms with Gasteiger partial charge in [0.1, 0.15) is 9.84 Å². The molecule has 1 saturated carbocycles. The Morgan fingerprint density at radius 2 is 1.72 bits per heavy atom. The Labute approximate surface area is 107 Å². The molecule has 0 aromatic carbocycles. The average molecular weight is 298 g/mol. The van der Waals surface area contributed by atoms with Crippen molar-refractivity contribution in [1.29, 1.82) is 0 Å². The molecule has 106 valence electrons. The van der Waals surface area contributed by atoms with Crippen molar-refractivity contribution in [2.24, 2.45) is 5.92 Å². The molecule has 1 aliphatic rings. The Hall–Kier alpha value is -0.670. The van der Waals surface area contributed by atoms with Gasteiger partial charge in [-0.2, -0.15) is 0 Å². The number of hydrogen-bond donors (Lipinski definition) is 2. The van der Waals surface area contributed by atoms with Gasteiger partial charge in [-0.1, -0.05) is 0 Å². The van der Waals surface area contributed by atoms with Crippen molar-refractivity contribution in [3.8, 4) is 0 Å². The SMILES string of the molecule is CS(=O)(=O)CCS(=O)(=O)NCCNC(=O)C1CC1. The zero-order valence-electron chi connectivity index (χ0n) is 10.2. The molecule has 0 atom stereocenters. The minimum Gasteiger partial charge on any atom is -0.355 e. The molecule has 0 spiro atoms. The predicted octanol–water partition coefficient (Wildman–Crippen LogP) is -1.52. The highest BCUT2D eigenvalue weighted by molar-refractivity contribution is 7.93. The summed E-state index contributed by atoms with van der Waals surface area (Å²) >= 11 is 0. The lowest BCUT2D eigenvalue weighted by Crippen LogP contribution is -2.37. The molecule has 18 heavy (non-hydrogen) atoms. The van der Waals surface area contributed by atoms with Gasteiger partial charge in [-0.05, 0) is 12.8 Å². The topological polar surface area (TPSA) is 109 Å². The lowest BCUT2D eigenvalue weighted by Gasteiger charge is -2.07. The molecule has 0 heterocycles. The van der Waals surface area contributed by atoms with E-state index >= 15 is 0 Å². The fraction of sp³-hybridized carbons (Fsp3) is 0.889. The zero-order chi connectivity index (χ0) is 13.8. The third kappa shape index (κ3) is 6.92. The molecule has 1 aliphatic carbocycles. The van der Waals surface area contributed by atoms with Crippen molar-refractivity contribution in [1.82, 2.24) is 10.0 Å². The minimum absolute atomic E-state index is 0.0506. The first kappa shape index (κ1) is 15.4. The van der Waals surface area contributed by atoms with Crippen LogP contribution in [0.2, 0.25) is 0 Å². The summed E-state index contributed by atoms with van der Waals surface area (Å²) in [5.74, 6) is -0.823. The van der Waals surface area contributed by atoms with E-state index in [1.807, 2.05) is 0 Å². The average Bonchev–Trinajstić information content (AvgIpc) is 3.04. The minimum atomic E-state index is -3.60. The molecule has 0 saturated heterocycles. The maximum Gasteiger partial charge on any atom is 0.223 e. The smallest absolute Gasteiger partial charge is 0.223 e. The van der Waals surface area contributed by atoms with Crippen LogP contribution in [0.5, 0.6) is 0 Å². The highest BCUT2D eigenvalue weighted by atomic mass is 32.2. The summed E-state index contributed by atoms with van der Waals surface area (Å²) in [6.45, 7) is 0.290.